The first-order chi connectivity index (χ1) is 8.66. The zero-order chi connectivity index (χ0) is 12.8. The minimum absolute atomic E-state index is 0.0794. The number of ether oxygens (including phenoxy) is 1. The third-order valence-corrected chi connectivity index (χ3v) is 4.08. The van der Waals surface area contributed by atoms with Crippen molar-refractivity contribution in [2.45, 2.75) is 31.1 Å². The van der Waals surface area contributed by atoms with E-state index in [9.17, 15) is 8.42 Å². The molecule has 18 heavy (non-hydrogen) atoms. The molecule has 0 spiro atoms. The minimum atomic E-state index is -3.51. The maximum atomic E-state index is 11.8. The van der Waals surface area contributed by atoms with Crippen molar-refractivity contribution in [1.82, 2.24) is 0 Å². The second kappa shape index (κ2) is 6.31. The predicted octanol–water partition coefficient (Wildman–Crippen LogP) is 2.10. The van der Waals surface area contributed by atoms with E-state index in [0.717, 1.165) is 24.8 Å². The number of hydrogen-bond acceptors (Lipinski definition) is 4. The van der Waals surface area contributed by atoms with Gasteiger partial charge in [-0.15, -0.1) is 0 Å². The highest BCUT2D eigenvalue weighted by Gasteiger charge is 2.19. The summed E-state index contributed by atoms with van der Waals surface area (Å²) >= 11 is 0. The molecule has 1 unspecified atom stereocenters. The molecule has 1 atom stereocenters. The van der Waals surface area contributed by atoms with Crippen molar-refractivity contribution in [3.05, 3.63) is 35.9 Å². The van der Waals surface area contributed by atoms with Crippen LogP contribution < -0.4 is 0 Å². The van der Waals surface area contributed by atoms with Gasteiger partial charge in [-0.1, -0.05) is 30.3 Å². The van der Waals surface area contributed by atoms with E-state index >= 15 is 0 Å². The van der Waals surface area contributed by atoms with Gasteiger partial charge in [0.25, 0.3) is 10.1 Å². The average molecular weight is 270 g/mol. The molecule has 4 nitrogen and oxygen atoms in total. The predicted molar refractivity (Wildman–Crippen MR) is 68.6 cm³/mol. The summed E-state index contributed by atoms with van der Waals surface area (Å²) in [7, 11) is -3.51. The van der Waals surface area contributed by atoms with Gasteiger partial charge in [-0.05, 0) is 24.8 Å². The summed E-state index contributed by atoms with van der Waals surface area (Å²) in [6, 6.07) is 9.03. The molecule has 0 bridgehead atoms. The molecule has 0 amide bonds. The van der Waals surface area contributed by atoms with Gasteiger partial charge in [0, 0.05) is 6.61 Å². The molecule has 2 rings (SSSR count). The lowest BCUT2D eigenvalue weighted by molar-refractivity contribution is -0.00976. The normalized spacial score (nSPS) is 20.8. The van der Waals surface area contributed by atoms with Crippen molar-refractivity contribution in [3.63, 3.8) is 0 Å². The summed E-state index contributed by atoms with van der Waals surface area (Å²) < 4.78 is 34.0. The van der Waals surface area contributed by atoms with Crippen LogP contribution in [0, 0.1) is 0 Å². The minimum Gasteiger partial charge on any atom is -0.376 e. The Hall–Kier alpha value is -0.910. The lowest BCUT2D eigenvalue weighted by Crippen LogP contribution is -2.26. The van der Waals surface area contributed by atoms with Crippen LogP contribution in [0.2, 0.25) is 0 Å². The first kappa shape index (κ1) is 13.5. The SMILES string of the molecule is O=S(=O)(Cc1ccccc1)OCC1CCCCO1. The first-order valence-corrected chi connectivity index (χ1v) is 7.76. The van der Waals surface area contributed by atoms with Crippen LogP contribution in [0.1, 0.15) is 24.8 Å². The van der Waals surface area contributed by atoms with Crippen LogP contribution in [-0.2, 0) is 24.8 Å². The van der Waals surface area contributed by atoms with E-state index in [2.05, 4.69) is 0 Å². The third kappa shape index (κ3) is 4.40. The summed E-state index contributed by atoms with van der Waals surface area (Å²) in [5, 5.41) is 0. The molecule has 0 saturated carbocycles. The molecule has 0 aliphatic carbocycles. The van der Waals surface area contributed by atoms with E-state index in [0.29, 0.717) is 6.61 Å². The van der Waals surface area contributed by atoms with Crippen LogP contribution in [0.15, 0.2) is 30.3 Å². The lowest BCUT2D eigenvalue weighted by atomic mass is 10.1. The van der Waals surface area contributed by atoms with E-state index in [-0.39, 0.29) is 18.5 Å². The molecule has 1 aliphatic rings. The van der Waals surface area contributed by atoms with Crippen molar-refractivity contribution in [2.24, 2.45) is 0 Å². The Labute approximate surface area is 108 Å². The van der Waals surface area contributed by atoms with Crippen molar-refractivity contribution in [2.75, 3.05) is 13.2 Å². The smallest absolute Gasteiger partial charge is 0.271 e. The first-order valence-electron chi connectivity index (χ1n) is 6.18. The Morgan fingerprint density at radius 1 is 1.22 bits per heavy atom. The number of hydrogen-bond donors (Lipinski definition) is 0. The van der Waals surface area contributed by atoms with Crippen LogP contribution >= 0.6 is 0 Å². The summed E-state index contributed by atoms with van der Waals surface area (Å²) in [6.45, 7) is 0.835. The van der Waals surface area contributed by atoms with Gasteiger partial charge < -0.3 is 4.74 Å². The van der Waals surface area contributed by atoms with Crippen LogP contribution in [-0.4, -0.2) is 27.7 Å². The molecule has 1 heterocycles. The molecule has 1 fully saturated rings. The average Bonchev–Trinajstić information content (AvgIpc) is 2.38. The van der Waals surface area contributed by atoms with Crippen LogP contribution in [0.25, 0.3) is 0 Å². The monoisotopic (exact) mass is 270 g/mol. The van der Waals surface area contributed by atoms with Gasteiger partial charge in [-0.2, -0.15) is 8.42 Å². The highest BCUT2D eigenvalue weighted by Crippen LogP contribution is 2.15. The summed E-state index contributed by atoms with van der Waals surface area (Å²) in [4.78, 5) is 0. The summed E-state index contributed by atoms with van der Waals surface area (Å²) in [5.41, 5.74) is 0.738. The fourth-order valence-electron chi connectivity index (χ4n) is 1.94. The largest absolute Gasteiger partial charge is 0.376 e. The zero-order valence-corrected chi connectivity index (χ0v) is 11.1. The maximum Gasteiger partial charge on any atom is 0.271 e. The fraction of sp³-hybridized carbons (Fsp3) is 0.538. The molecule has 0 radical (unpaired) electrons. The Balaban J connectivity index is 1.83. The molecule has 1 aromatic rings. The van der Waals surface area contributed by atoms with Gasteiger partial charge in [0.2, 0.25) is 0 Å². The van der Waals surface area contributed by atoms with Gasteiger partial charge in [0.1, 0.15) is 5.75 Å². The molecule has 0 N–H and O–H groups in total. The molecule has 0 aromatic heterocycles. The number of rotatable bonds is 5. The van der Waals surface area contributed by atoms with Gasteiger partial charge >= 0.3 is 0 Å². The van der Waals surface area contributed by atoms with E-state index in [1.807, 2.05) is 18.2 Å². The zero-order valence-electron chi connectivity index (χ0n) is 10.2. The van der Waals surface area contributed by atoms with Crippen molar-refractivity contribution in [3.8, 4) is 0 Å². The highest BCUT2D eigenvalue weighted by molar-refractivity contribution is 7.85. The lowest BCUT2D eigenvalue weighted by Gasteiger charge is -2.21. The van der Waals surface area contributed by atoms with Crippen LogP contribution in [0.5, 0.6) is 0 Å². The second-order valence-electron chi connectivity index (χ2n) is 4.46. The van der Waals surface area contributed by atoms with Crippen molar-refractivity contribution >= 4 is 10.1 Å². The van der Waals surface area contributed by atoms with E-state index < -0.39 is 10.1 Å². The molecular formula is C13H18O4S. The second-order valence-corrected chi connectivity index (χ2v) is 6.10. The standard InChI is InChI=1S/C13H18O4S/c14-18(15,11-12-6-2-1-3-7-12)17-10-13-8-4-5-9-16-13/h1-3,6-7,13H,4-5,8-11H2. The molecule has 1 aliphatic heterocycles. The Morgan fingerprint density at radius 3 is 2.67 bits per heavy atom. The topological polar surface area (TPSA) is 52.6 Å². The quantitative estimate of drug-likeness (QED) is 0.769. The van der Waals surface area contributed by atoms with E-state index in [1.165, 1.54) is 0 Å². The van der Waals surface area contributed by atoms with Gasteiger partial charge in [-0.25, -0.2) is 0 Å². The van der Waals surface area contributed by atoms with Gasteiger partial charge in [0.15, 0.2) is 0 Å². The van der Waals surface area contributed by atoms with E-state index in [1.54, 1.807) is 12.1 Å². The summed E-state index contributed by atoms with van der Waals surface area (Å²) in [6.07, 6.45) is 2.92. The van der Waals surface area contributed by atoms with Crippen LogP contribution in [0.4, 0.5) is 0 Å². The Bertz CT molecular complexity index is 449. The molecule has 100 valence electrons. The van der Waals surface area contributed by atoms with Gasteiger partial charge in [-0.3, -0.25) is 4.18 Å². The van der Waals surface area contributed by atoms with Crippen molar-refractivity contribution in [1.29, 1.82) is 0 Å². The Kier molecular flexibility index (Phi) is 4.74. The van der Waals surface area contributed by atoms with Crippen molar-refractivity contribution < 1.29 is 17.3 Å². The third-order valence-electron chi connectivity index (χ3n) is 2.89. The molecular weight excluding hydrogens is 252 g/mol. The summed E-state index contributed by atoms with van der Waals surface area (Å²) in [5.74, 6) is -0.0828. The Morgan fingerprint density at radius 2 is 2.00 bits per heavy atom. The highest BCUT2D eigenvalue weighted by atomic mass is 32.2. The van der Waals surface area contributed by atoms with Crippen LogP contribution in [0.3, 0.4) is 0 Å². The van der Waals surface area contributed by atoms with Gasteiger partial charge in [0.05, 0.1) is 12.7 Å². The molecule has 1 aromatic carbocycles. The molecule has 1 saturated heterocycles. The molecule has 5 heteroatoms. The number of benzene rings is 1. The maximum absolute atomic E-state index is 11.8. The fourth-order valence-corrected chi connectivity index (χ4v) is 2.98. The van der Waals surface area contributed by atoms with E-state index in [4.69, 9.17) is 8.92 Å².